The highest BCUT2D eigenvalue weighted by molar-refractivity contribution is 5.83. The number of likely N-dealkylation sites (tertiary alicyclic amines) is 2. The van der Waals surface area contributed by atoms with Crippen molar-refractivity contribution in [3.63, 3.8) is 0 Å². The quantitative estimate of drug-likeness (QED) is 0.831. The van der Waals surface area contributed by atoms with E-state index in [9.17, 15) is 4.79 Å². The van der Waals surface area contributed by atoms with Crippen LogP contribution in [-0.4, -0.2) is 65.6 Å². The highest BCUT2D eigenvalue weighted by Gasteiger charge is 2.47. The van der Waals surface area contributed by atoms with Gasteiger partial charge in [-0.2, -0.15) is 0 Å². The molecule has 2 saturated heterocycles. The van der Waals surface area contributed by atoms with Crippen LogP contribution in [0.4, 0.5) is 0 Å². The van der Waals surface area contributed by atoms with Gasteiger partial charge < -0.3 is 9.64 Å². The fourth-order valence-electron chi connectivity index (χ4n) is 3.71. The molecule has 1 atom stereocenters. The Morgan fingerprint density at radius 1 is 1.32 bits per heavy atom. The maximum absolute atomic E-state index is 12.7. The topological polar surface area (TPSA) is 58.6 Å². The molecule has 3 heterocycles. The fraction of sp³-hybridized carbons (Fsp3) is 0.688. The minimum atomic E-state index is -0.234. The number of nitrogens with zero attached hydrogens (tertiary/aromatic N) is 4. The second-order valence-corrected chi connectivity index (χ2v) is 6.47. The van der Waals surface area contributed by atoms with E-state index in [-0.39, 0.29) is 17.4 Å². The second-order valence-electron chi connectivity index (χ2n) is 6.47. The third-order valence-corrected chi connectivity index (χ3v) is 5.03. The van der Waals surface area contributed by atoms with Crippen LogP contribution in [0.5, 0.6) is 0 Å². The Morgan fingerprint density at radius 2 is 2.00 bits per heavy atom. The first kappa shape index (κ1) is 15.4. The minimum absolute atomic E-state index is 0.159. The van der Waals surface area contributed by atoms with Gasteiger partial charge in [0, 0.05) is 33.1 Å². The van der Waals surface area contributed by atoms with Gasteiger partial charge in [0.05, 0.1) is 18.1 Å². The largest absolute Gasteiger partial charge is 0.380 e. The van der Waals surface area contributed by atoms with E-state index >= 15 is 0 Å². The third kappa shape index (κ3) is 2.98. The van der Waals surface area contributed by atoms with Crippen LogP contribution in [0.3, 0.4) is 0 Å². The zero-order valence-electron chi connectivity index (χ0n) is 13.4. The molecule has 2 aliphatic heterocycles. The van der Waals surface area contributed by atoms with Gasteiger partial charge >= 0.3 is 0 Å². The number of amides is 1. The van der Waals surface area contributed by atoms with E-state index in [1.165, 1.54) is 0 Å². The van der Waals surface area contributed by atoms with Crippen LogP contribution in [0.2, 0.25) is 0 Å². The lowest BCUT2D eigenvalue weighted by molar-refractivity contribution is -0.156. The Morgan fingerprint density at radius 3 is 2.64 bits per heavy atom. The van der Waals surface area contributed by atoms with E-state index in [2.05, 4.69) is 14.9 Å². The number of rotatable bonds is 3. The molecule has 3 rings (SSSR count). The lowest BCUT2D eigenvalue weighted by Crippen LogP contribution is -2.56. The number of methoxy groups -OCH3 is 1. The van der Waals surface area contributed by atoms with Gasteiger partial charge in [0.1, 0.15) is 5.82 Å². The summed E-state index contributed by atoms with van der Waals surface area (Å²) in [5, 5.41) is 0. The fourth-order valence-corrected chi connectivity index (χ4v) is 3.71. The van der Waals surface area contributed by atoms with Gasteiger partial charge in [-0.3, -0.25) is 9.69 Å². The van der Waals surface area contributed by atoms with Crippen molar-refractivity contribution in [1.82, 2.24) is 19.8 Å². The standard InChI is InChI=1S/C16H24N4O2/c1-19-11-13(22-2)10-16(15(19)21)4-8-20(9-5-16)12-14-17-6-3-7-18-14/h3,6-7,13H,4-5,8-12H2,1-2H3. The molecule has 22 heavy (non-hydrogen) atoms. The Bertz CT molecular complexity index is 514. The number of carbonyl (C=O) groups excluding carboxylic acids is 1. The van der Waals surface area contributed by atoms with Crippen LogP contribution >= 0.6 is 0 Å². The number of hydrogen-bond donors (Lipinski definition) is 0. The third-order valence-electron chi connectivity index (χ3n) is 5.03. The highest BCUT2D eigenvalue weighted by atomic mass is 16.5. The summed E-state index contributed by atoms with van der Waals surface area (Å²) in [6.07, 6.45) is 6.34. The van der Waals surface area contributed by atoms with Gasteiger partial charge in [0.25, 0.3) is 0 Å². The predicted octanol–water partition coefficient (Wildman–Crippen LogP) is 0.936. The van der Waals surface area contributed by atoms with Crippen LogP contribution in [0.1, 0.15) is 25.1 Å². The summed E-state index contributed by atoms with van der Waals surface area (Å²) < 4.78 is 5.53. The molecule has 120 valence electrons. The van der Waals surface area contributed by atoms with Crippen LogP contribution in [0.25, 0.3) is 0 Å². The number of ether oxygens (including phenoxy) is 1. The maximum atomic E-state index is 12.7. The molecular formula is C16H24N4O2. The summed E-state index contributed by atoms with van der Waals surface area (Å²) in [5.74, 6) is 1.14. The Hall–Kier alpha value is -1.53. The van der Waals surface area contributed by atoms with Gasteiger partial charge in [0.15, 0.2) is 0 Å². The number of carbonyl (C=O) groups is 1. The van der Waals surface area contributed by atoms with Gasteiger partial charge in [-0.1, -0.05) is 0 Å². The number of aromatic nitrogens is 2. The second kappa shape index (κ2) is 6.30. The number of likely N-dealkylation sites (N-methyl/N-ethyl adjacent to an activating group) is 1. The molecule has 2 fully saturated rings. The van der Waals surface area contributed by atoms with E-state index in [1.807, 2.05) is 18.0 Å². The maximum Gasteiger partial charge on any atom is 0.228 e. The zero-order valence-corrected chi connectivity index (χ0v) is 13.4. The first-order valence-electron chi connectivity index (χ1n) is 7.89. The Balaban J connectivity index is 1.63. The van der Waals surface area contributed by atoms with Gasteiger partial charge in [-0.25, -0.2) is 9.97 Å². The molecule has 1 amide bonds. The van der Waals surface area contributed by atoms with Gasteiger partial charge in [-0.05, 0) is 38.4 Å². The predicted molar refractivity (Wildman–Crippen MR) is 82.0 cm³/mol. The molecule has 0 N–H and O–H groups in total. The Kier molecular flexibility index (Phi) is 4.40. The van der Waals surface area contributed by atoms with Crippen molar-refractivity contribution in [3.8, 4) is 0 Å². The molecule has 0 aromatic carbocycles. The SMILES string of the molecule is COC1CN(C)C(=O)C2(CCN(Cc3ncccn3)CC2)C1. The summed E-state index contributed by atoms with van der Waals surface area (Å²) in [6, 6.07) is 1.83. The van der Waals surface area contributed by atoms with E-state index in [1.54, 1.807) is 19.5 Å². The van der Waals surface area contributed by atoms with Crippen LogP contribution in [-0.2, 0) is 16.1 Å². The van der Waals surface area contributed by atoms with Crippen LogP contribution in [0, 0.1) is 5.41 Å². The first-order chi connectivity index (χ1) is 10.6. The molecule has 2 aliphatic rings. The lowest BCUT2D eigenvalue weighted by atomic mass is 9.71. The van der Waals surface area contributed by atoms with Crippen LogP contribution < -0.4 is 0 Å². The summed E-state index contributed by atoms with van der Waals surface area (Å²) >= 11 is 0. The van der Waals surface area contributed by atoms with Crippen molar-refractivity contribution in [3.05, 3.63) is 24.3 Å². The molecule has 1 spiro atoms. The van der Waals surface area contributed by atoms with Crippen molar-refractivity contribution in [1.29, 1.82) is 0 Å². The zero-order chi connectivity index (χ0) is 15.6. The van der Waals surface area contributed by atoms with Gasteiger partial charge in [-0.15, -0.1) is 0 Å². The van der Waals surface area contributed by atoms with Crippen LogP contribution in [0.15, 0.2) is 18.5 Å². The first-order valence-corrected chi connectivity index (χ1v) is 7.89. The lowest BCUT2D eigenvalue weighted by Gasteiger charge is -2.47. The molecule has 0 radical (unpaired) electrons. The average molecular weight is 304 g/mol. The number of piperidine rings is 2. The minimum Gasteiger partial charge on any atom is -0.380 e. The highest BCUT2D eigenvalue weighted by Crippen LogP contribution is 2.41. The van der Waals surface area contributed by atoms with Gasteiger partial charge in [0.2, 0.25) is 5.91 Å². The summed E-state index contributed by atoms with van der Waals surface area (Å²) in [5.41, 5.74) is -0.234. The molecular weight excluding hydrogens is 280 g/mol. The van der Waals surface area contributed by atoms with Crippen molar-refractivity contribution < 1.29 is 9.53 Å². The van der Waals surface area contributed by atoms with E-state index in [0.717, 1.165) is 44.7 Å². The van der Waals surface area contributed by atoms with Crippen molar-refractivity contribution in [2.24, 2.45) is 5.41 Å². The smallest absolute Gasteiger partial charge is 0.228 e. The molecule has 0 saturated carbocycles. The normalized spacial score (nSPS) is 25.6. The molecule has 6 heteroatoms. The molecule has 0 bridgehead atoms. The number of hydrogen-bond acceptors (Lipinski definition) is 5. The summed E-state index contributed by atoms with van der Waals surface area (Å²) in [6.45, 7) is 3.29. The monoisotopic (exact) mass is 304 g/mol. The molecule has 1 aromatic heterocycles. The molecule has 0 aliphatic carbocycles. The van der Waals surface area contributed by atoms with E-state index in [0.29, 0.717) is 6.54 Å². The molecule has 6 nitrogen and oxygen atoms in total. The van der Waals surface area contributed by atoms with E-state index in [4.69, 9.17) is 4.74 Å². The molecule has 1 unspecified atom stereocenters. The van der Waals surface area contributed by atoms with Crippen molar-refractivity contribution >= 4 is 5.91 Å². The average Bonchev–Trinajstić information content (AvgIpc) is 2.55. The Labute approximate surface area is 131 Å². The molecule has 1 aromatic rings. The van der Waals surface area contributed by atoms with Crippen molar-refractivity contribution in [2.75, 3.05) is 33.8 Å². The summed E-state index contributed by atoms with van der Waals surface area (Å²) in [4.78, 5) is 25.4. The summed E-state index contributed by atoms with van der Waals surface area (Å²) in [7, 11) is 3.63. The van der Waals surface area contributed by atoms with Crippen molar-refractivity contribution in [2.45, 2.75) is 31.9 Å². The van der Waals surface area contributed by atoms with E-state index < -0.39 is 0 Å².